The number of nitrogens with zero attached hydrogens (tertiary/aromatic N) is 1. The van der Waals surface area contributed by atoms with Gasteiger partial charge in [-0.2, -0.15) is 0 Å². The van der Waals surface area contributed by atoms with Crippen molar-refractivity contribution >= 4 is 47.4 Å². The van der Waals surface area contributed by atoms with E-state index in [1.807, 2.05) is 26.0 Å². The maximum atomic E-state index is 10.8. The Kier molecular flexibility index (Phi) is 12.4. The zero-order valence-electron chi connectivity index (χ0n) is 14.3. The first-order valence-corrected chi connectivity index (χ1v) is 8.08. The molecule has 0 aromatic heterocycles. The lowest BCUT2D eigenvalue weighted by atomic mass is 10.3. The van der Waals surface area contributed by atoms with Crippen LogP contribution in [0, 0.1) is 0 Å². The van der Waals surface area contributed by atoms with Crippen LogP contribution in [0.15, 0.2) is 29.3 Å². The number of carbonyl (C=O) groups excluding carboxylic acids is 1. The SMILES string of the molecule is CCNC(=NCC(C)Oc1ccc(Cl)cc1)NCCNC(C)=O.I. The first kappa shape index (κ1) is 22.8. The van der Waals surface area contributed by atoms with Crippen LogP contribution in [0.1, 0.15) is 20.8 Å². The molecule has 0 saturated carbocycles. The van der Waals surface area contributed by atoms with Gasteiger partial charge in [-0.1, -0.05) is 11.6 Å². The van der Waals surface area contributed by atoms with Crippen LogP contribution in [-0.4, -0.2) is 44.1 Å². The number of hydrogen-bond donors (Lipinski definition) is 3. The number of halogens is 2. The third-order valence-corrected chi connectivity index (χ3v) is 3.05. The van der Waals surface area contributed by atoms with Crippen molar-refractivity contribution in [2.75, 3.05) is 26.2 Å². The summed E-state index contributed by atoms with van der Waals surface area (Å²) >= 11 is 5.85. The Morgan fingerprint density at radius 1 is 1.21 bits per heavy atom. The highest BCUT2D eigenvalue weighted by Crippen LogP contribution is 2.16. The maximum absolute atomic E-state index is 10.8. The quantitative estimate of drug-likeness (QED) is 0.237. The van der Waals surface area contributed by atoms with Crippen molar-refractivity contribution in [3.63, 3.8) is 0 Å². The molecular formula is C16H26ClIN4O2. The lowest BCUT2D eigenvalue weighted by Gasteiger charge is -2.15. The molecule has 0 spiro atoms. The highest BCUT2D eigenvalue weighted by Gasteiger charge is 2.04. The summed E-state index contributed by atoms with van der Waals surface area (Å²) in [6.45, 7) is 7.89. The van der Waals surface area contributed by atoms with Crippen molar-refractivity contribution in [1.82, 2.24) is 16.0 Å². The lowest BCUT2D eigenvalue weighted by molar-refractivity contribution is -0.118. The molecule has 0 heterocycles. The molecule has 3 N–H and O–H groups in total. The van der Waals surface area contributed by atoms with Gasteiger partial charge in [0, 0.05) is 31.6 Å². The fourth-order valence-electron chi connectivity index (χ4n) is 1.76. The number of guanidine groups is 1. The second kappa shape index (κ2) is 13.1. The van der Waals surface area contributed by atoms with E-state index < -0.39 is 0 Å². The van der Waals surface area contributed by atoms with E-state index in [1.54, 1.807) is 12.1 Å². The van der Waals surface area contributed by atoms with Crippen molar-refractivity contribution in [2.24, 2.45) is 4.99 Å². The number of amides is 1. The summed E-state index contributed by atoms with van der Waals surface area (Å²) < 4.78 is 5.78. The first-order valence-electron chi connectivity index (χ1n) is 7.70. The number of ether oxygens (including phenoxy) is 1. The lowest BCUT2D eigenvalue weighted by Crippen LogP contribution is -2.41. The molecule has 1 unspecified atom stereocenters. The van der Waals surface area contributed by atoms with Crippen LogP contribution in [0.4, 0.5) is 0 Å². The van der Waals surface area contributed by atoms with Crippen molar-refractivity contribution in [1.29, 1.82) is 0 Å². The van der Waals surface area contributed by atoms with E-state index >= 15 is 0 Å². The average molecular weight is 469 g/mol. The molecule has 1 rings (SSSR count). The highest BCUT2D eigenvalue weighted by molar-refractivity contribution is 14.0. The van der Waals surface area contributed by atoms with Gasteiger partial charge in [-0.25, -0.2) is 4.99 Å². The second-order valence-electron chi connectivity index (χ2n) is 5.01. The molecular weight excluding hydrogens is 443 g/mol. The van der Waals surface area contributed by atoms with Crippen LogP contribution in [0.25, 0.3) is 0 Å². The van der Waals surface area contributed by atoms with E-state index in [0.717, 1.165) is 12.3 Å². The fraction of sp³-hybridized carbons (Fsp3) is 0.500. The fourth-order valence-corrected chi connectivity index (χ4v) is 1.89. The molecule has 0 aliphatic heterocycles. The molecule has 6 nitrogen and oxygen atoms in total. The van der Waals surface area contributed by atoms with Gasteiger partial charge in [0.15, 0.2) is 5.96 Å². The summed E-state index contributed by atoms with van der Waals surface area (Å²) in [6, 6.07) is 7.25. The summed E-state index contributed by atoms with van der Waals surface area (Å²) in [6.07, 6.45) is -0.0676. The Labute approximate surface area is 165 Å². The third-order valence-electron chi connectivity index (χ3n) is 2.79. The number of rotatable bonds is 8. The molecule has 136 valence electrons. The Morgan fingerprint density at radius 3 is 2.42 bits per heavy atom. The predicted octanol–water partition coefficient (Wildman–Crippen LogP) is 2.42. The Hall–Kier alpha value is -1.22. The Morgan fingerprint density at radius 2 is 1.83 bits per heavy atom. The largest absolute Gasteiger partial charge is 0.489 e. The van der Waals surface area contributed by atoms with E-state index in [2.05, 4.69) is 20.9 Å². The van der Waals surface area contributed by atoms with Crippen LogP contribution in [0.3, 0.4) is 0 Å². The number of nitrogens with one attached hydrogen (secondary N) is 3. The van der Waals surface area contributed by atoms with Crippen LogP contribution in [0.2, 0.25) is 5.02 Å². The van der Waals surface area contributed by atoms with E-state index in [0.29, 0.717) is 30.6 Å². The zero-order chi connectivity index (χ0) is 17.1. The summed E-state index contributed by atoms with van der Waals surface area (Å²) in [7, 11) is 0. The van der Waals surface area contributed by atoms with E-state index in [-0.39, 0.29) is 36.0 Å². The van der Waals surface area contributed by atoms with E-state index in [1.165, 1.54) is 6.92 Å². The molecule has 24 heavy (non-hydrogen) atoms. The minimum Gasteiger partial charge on any atom is -0.489 e. The summed E-state index contributed by atoms with van der Waals surface area (Å²) in [4.78, 5) is 15.3. The first-order chi connectivity index (χ1) is 11.0. The third kappa shape index (κ3) is 10.5. The molecule has 1 atom stereocenters. The van der Waals surface area contributed by atoms with Crippen molar-refractivity contribution in [3.05, 3.63) is 29.3 Å². The molecule has 1 aromatic rings. The average Bonchev–Trinajstić information content (AvgIpc) is 2.51. The van der Waals surface area contributed by atoms with E-state index in [4.69, 9.17) is 16.3 Å². The normalized spacial score (nSPS) is 11.9. The standard InChI is InChI=1S/C16H25ClN4O2.HI/c1-4-18-16(20-10-9-19-13(3)22)21-11-12(2)23-15-7-5-14(17)6-8-15;/h5-8,12H,4,9-11H2,1-3H3,(H,19,22)(H2,18,20,21);1H. The molecule has 0 radical (unpaired) electrons. The van der Waals surface area contributed by atoms with Gasteiger partial charge in [-0.15, -0.1) is 24.0 Å². The molecule has 0 aliphatic rings. The Bertz CT molecular complexity index is 511. The van der Waals surface area contributed by atoms with Crippen molar-refractivity contribution in [2.45, 2.75) is 26.9 Å². The van der Waals surface area contributed by atoms with Gasteiger partial charge in [0.1, 0.15) is 11.9 Å². The summed E-state index contributed by atoms with van der Waals surface area (Å²) in [5.74, 6) is 1.42. The zero-order valence-corrected chi connectivity index (χ0v) is 17.4. The molecule has 0 aliphatic carbocycles. The molecule has 0 saturated heterocycles. The maximum Gasteiger partial charge on any atom is 0.216 e. The van der Waals surface area contributed by atoms with Gasteiger partial charge in [0.25, 0.3) is 0 Å². The minimum atomic E-state index is -0.0676. The van der Waals surface area contributed by atoms with E-state index in [9.17, 15) is 4.79 Å². The number of hydrogen-bond acceptors (Lipinski definition) is 3. The van der Waals surface area contributed by atoms with Gasteiger partial charge < -0.3 is 20.7 Å². The predicted molar refractivity (Wildman–Crippen MR) is 110 cm³/mol. The van der Waals surface area contributed by atoms with Crippen molar-refractivity contribution < 1.29 is 9.53 Å². The van der Waals surface area contributed by atoms with Gasteiger partial charge in [-0.3, -0.25) is 4.79 Å². The highest BCUT2D eigenvalue weighted by atomic mass is 127. The topological polar surface area (TPSA) is 74.8 Å². The molecule has 0 fully saturated rings. The van der Waals surface area contributed by atoms with Crippen LogP contribution in [-0.2, 0) is 4.79 Å². The number of aliphatic imine (C=N–C) groups is 1. The second-order valence-corrected chi connectivity index (χ2v) is 5.45. The van der Waals surface area contributed by atoms with Gasteiger partial charge in [0.05, 0.1) is 6.54 Å². The smallest absolute Gasteiger partial charge is 0.216 e. The monoisotopic (exact) mass is 468 g/mol. The Balaban J connectivity index is 0.00000529. The molecule has 1 amide bonds. The summed E-state index contributed by atoms with van der Waals surface area (Å²) in [5.41, 5.74) is 0. The van der Waals surface area contributed by atoms with Crippen LogP contribution >= 0.6 is 35.6 Å². The minimum absolute atomic E-state index is 0. The van der Waals surface area contributed by atoms with Gasteiger partial charge >= 0.3 is 0 Å². The molecule has 8 heteroatoms. The van der Waals surface area contributed by atoms with Crippen LogP contribution in [0.5, 0.6) is 5.75 Å². The molecule has 1 aromatic carbocycles. The van der Waals surface area contributed by atoms with Gasteiger partial charge in [-0.05, 0) is 38.1 Å². The summed E-state index contributed by atoms with van der Waals surface area (Å²) in [5, 5.41) is 9.71. The number of benzene rings is 1. The van der Waals surface area contributed by atoms with Gasteiger partial charge in [0.2, 0.25) is 5.91 Å². The van der Waals surface area contributed by atoms with Crippen molar-refractivity contribution in [3.8, 4) is 5.75 Å². The molecule has 0 bridgehead atoms. The van der Waals surface area contributed by atoms with Crippen LogP contribution < -0.4 is 20.7 Å². The number of carbonyl (C=O) groups is 1.